The Morgan fingerprint density at radius 1 is 1.20 bits per heavy atom. The molecule has 1 aromatic heterocycles. The lowest BCUT2D eigenvalue weighted by atomic mass is 10.2. The number of H-pyrrole nitrogens is 1. The first-order chi connectivity index (χ1) is 14.3. The van der Waals surface area contributed by atoms with Crippen molar-refractivity contribution in [3.05, 3.63) is 50.7 Å². The highest BCUT2D eigenvalue weighted by atomic mass is 16.5. The predicted octanol–water partition coefficient (Wildman–Crippen LogP) is 1.14. The number of anilines is 2. The summed E-state index contributed by atoms with van der Waals surface area (Å²) in [5, 5.41) is 0. The van der Waals surface area contributed by atoms with Gasteiger partial charge in [-0.05, 0) is 25.5 Å². The Labute approximate surface area is 173 Å². The Morgan fingerprint density at radius 3 is 2.53 bits per heavy atom. The number of hydrogen-bond donors (Lipinski definition) is 2. The van der Waals surface area contributed by atoms with Crippen LogP contribution in [0.5, 0.6) is 5.75 Å². The van der Waals surface area contributed by atoms with Crippen LogP contribution in [-0.4, -0.2) is 41.7 Å². The quantitative estimate of drug-likeness (QED) is 0.583. The third-order valence-corrected chi connectivity index (χ3v) is 4.48. The molecule has 0 aliphatic rings. The highest BCUT2D eigenvalue weighted by Gasteiger charge is 2.24. The molecule has 10 heteroatoms. The van der Waals surface area contributed by atoms with Crippen LogP contribution in [0.15, 0.2) is 33.9 Å². The molecule has 162 valence electrons. The fourth-order valence-corrected chi connectivity index (χ4v) is 2.92. The molecule has 1 aromatic carbocycles. The summed E-state index contributed by atoms with van der Waals surface area (Å²) < 4.78 is 11.5. The van der Waals surface area contributed by atoms with E-state index in [4.69, 9.17) is 15.2 Å². The van der Waals surface area contributed by atoms with Gasteiger partial charge in [-0.2, -0.15) is 0 Å². The molecule has 0 bridgehead atoms. The van der Waals surface area contributed by atoms with Gasteiger partial charge < -0.3 is 20.1 Å². The van der Waals surface area contributed by atoms with Crippen molar-refractivity contribution in [3.63, 3.8) is 0 Å². The molecular weight excluding hydrogens is 392 g/mol. The summed E-state index contributed by atoms with van der Waals surface area (Å²) in [6.45, 7) is 3.62. The van der Waals surface area contributed by atoms with Gasteiger partial charge >= 0.3 is 11.7 Å². The number of ether oxygens (including phenoxy) is 2. The molecule has 1 amide bonds. The van der Waals surface area contributed by atoms with E-state index in [0.29, 0.717) is 13.0 Å². The smallest absolute Gasteiger partial charge is 0.341 e. The summed E-state index contributed by atoms with van der Waals surface area (Å²) in [4.78, 5) is 52.5. The summed E-state index contributed by atoms with van der Waals surface area (Å²) in [5.41, 5.74) is 4.76. The average Bonchev–Trinajstić information content (AvgIpc) is 2.74. The average molecular weight is 418 g/mol. The molecule has 0 unspecified atom stereocenters. The van der Waals surface area contributed by atoms with E-state index in [-0.39, 0.29) is 29.4 Å². The number of nitrogens with two attached hydrogens (primary N) is 1. The van der Waals surface area contributed by atoms with E-state index >= 15 is 0 Å². The number of esters is 1. The number of unbranched alkanes of at least 4 members (excludes halogenated alkanes) is 1. The molecule has 30 heavy (non-hydrogen) atoms. The van der Waals surface area contributed by atoms with Gasteiger partial charge in [0.1, 0.15) is 17.1 Å². The van der Waals surface area contributed by atoms with Crippen LogP contribution >= 0.6 is 0 Å². The summed E-state index contributed by atoms with van der Waals surface area (Å²) in [6, 6.07) is 6.33. The van der Waals surface area contributed by atoms with Crippen LogP contribution in [0.1, 0.15) is 37.0 Å². The first-order valence-corrected chi connectivity index (χ1v) is 9.58. The van der Waals surface area contributed by atoms with E-state index in [1.165, 1.54) is 23.8 Å². The number of aromatic nitrogens is 2. The topological polar surface area (TPSA) is 137 Å². The number of amides is 1. The van der Waals surface area contributed by atoms with E-state index in [1.807, 2.05) is 6.92 Å². The van der Waals surface area contributed by atoms with Gasteiger partial charge in [-0.1, -0.05) is 25.5 Å². The van der Waals surface area contributed by atoms with E-state index in [9.17, 15) is 19.2 Å². The second kappa shape index (κ2) is 10.3. The molecule has 2 rings (SSSR count). The fraction of sp³-hybridized carbons (Fsp3) is 0.400. The van der Waals surface area contributed by atoms with Gasteiger partial charge in [-0.25, -0.2) is 9.59 Å². The molecule has 2 aromatic rings. The van der Waals surface area contributed by atoms with Crippen molar-refractivity contribution in [3.8, 4) is 5.75 Å². The van der Waals surface area contributed by atoms with E-state index in [2.05, 4.69) is 4.98 Å². The third kappa shape index (κ3) is 4.88. The second-order valence-electron chi connectivity index (χ2n) is 6.41. The van der Waals surface area contributed by atoms with Crippen LogP contribution in [0.4, 0.5) is 11.5 Å². The number of benzene rings is 1. The van der Waals surface area contributed by atoms with Gasteiger partial charge in [0.15, 0.2) is 12.3 Å². The Balaban J connectivity index is 2.31. The Kier molecular flexibility index (Phi) is 7.79. The number of likely N-dealkylation sites (N-methyl/N-ethyl adjacent to an activating group) is 1. The van der Waals surface area contributed by atoms with Crippen molar-refractivity contribution >= 4 is 23.4 Å². The molecule has 0 radical (unpaired) electrons. The molecule has 1 heterocycles. The van der Waals surface area contributed by atoms with Crippen molar-refractivity contribution in [2.45, 2.75) is 33.2 Å². The minimum atomic E-state index is -0.754. The lowest BCUT2D eigenvalue weighted by Gasteiger charge is -2.23. The van der Waals surface area contributed by atoms with Crippen LogP contribution in [0, 0.1) is 0 Å². The molecule has 0 saturated carbocycles. The van der Waals surface area contributed by atoms with Gasteiger partial charge in [0.05, 0.1) is 7.11 Å². The second-order valence-corrected chi connectivity index (χ2v) is 6.41. The summed E-state index contributed by atoms with van der Waals surface area (Å²) in [6.07, 6.45) is 1.51. The maximum atomic E-state index is 12.8. The monoisotopic (exact) mass is 418 g/mol. The van der Waals surface area contributed by atoms with E-state index < -0.39 is 29.7 Å². The largest absolute Gasteiger partial charge is 0.483 e. The molecule has 0 saturated heterocycles. The summed E-state index contributed by atoms with van der Waals surface area (Å²) in [5.74, 6) is -1.07. The molecule has 0 aliphatic heterocycles. The number of nitrogens with zero attached hydrogens (tertiary/aromatic N) is 2. The maximum Gasteiger partial charge on any atom is 0.341 e. The van der Waals surface area contributed by atoms with Gasteiger partial charge in [0, 0.05) is 13.1 Å². The van der Waals surface area contributed by atoms with Crippen LogP contribution < -0.4 is 26.6 Å². The zero-order valence-electron chi connectivity index (χ0n) is 17.3. The Hall–Kier alpha value is -3.56. The minimum absolute atomic E-state index is 0.0811. The first-order valence-electron chi connectivity index (χ1n) is 9.58. The number of nitrogens with one attached hydrogen (secondary N) is 1. The fourth-order valence-electron chi connectivity index (χ4n) is 2.92. The summed E-state index contributed by atoms with van der Waals surface area (Å²) in [7, 11) is 1.24. The number of nitrogen functional groups attached to an aromatic ring is 1. The van der Waals surface area contributed by atoms with Crippen LogP contribution in [-0.2, 0) is 16.1 Å². The molecular formula is C20H26N4O6. The van der Waals surface area contributed by atoms with Crippen molar-refractivity contribution in [1.29, 1.82) is 0 Å². The van der Waals surface area contributed by atoms with Gasteiger partial charge in [-0.15, -0.1) is 0 Å². The summed E-state index contributed by atoms with van der Waals surface area (Å²) >= 11 is 0. The van der Waals surface area contributed by atoms with Crippen LogP contribution in [0.2, 0.25) is 0 Å². The van der Waals surface area contributed by atoms with Crippen molar-refractivity contribution in [2.24, 2.45) is 0 Å². The lowest BCUT2D eigenvalue weighted by Crippen LogP contribution is -2.42. The number of para-hydroxylation sites is 1. The SMILES string of the molecule is CCCCn1c(N)c(N(CC)C(=O)COc2ccccc2C(=O)OC)c(=O)[nH]c1=O. The standard InChI is InChI=1S/C20H26N4O6/c1-4-6-11-24-17(21)16(18(26)22-20(24)28)23(5-2)15(25)12-30-14-10-8-7-9-13(14)19(27)29-3/h7-10H,4-6,11-12,21H2,1-3H3,(H,22,26,28). The number of hydrogen-bond acceptors (Lipinski definition) is 7. The highest BCUT2D eigenvalue weighted by molar-refractivity contribution is 5.97. The Bertz CT molecular complexity index is 1030. The van der Waals surface area contributed by atoms with Crippen molar-refractivity contribution in [1.82, 2.24) is 9.55 Å². The number of rotatable bonds is 9. The molecule has 0 aliphatic carbocycles. The minimum Gasteiger partial charge on any atom is -0.483 e. The number of carbonyl (C=O) groups excluding carboxylic acids is 2. The molecule has 0 spiro atoms. The highest BCUT2D eigenvalue weighted by Crippen LogP contribution is 2.20. The van der Waals surface area contributed by atoms with Gasteiger partial charge in [0.2, 0.25) is 0 Å². The molecule has 3 N–H and O–H groups in total. The normalized spacial score (nSPS) is 10.5. The van der Waals surface area contributed by atoms with Gasteiger partial charge in [-0.3, -0.25) is 19.1 Å². The molecule has 10 nitrogen and oxygen atoms in total. The molecule has 0 fully saturated rings. The number of aromatic amines is 1. The predicted molar refractivity (Wildman–Crippen MR) is 112 cm³/mol. The zero-order chi connectivity index (χ0) is 22.3. The number of carbonyl (C=O) groups is 2. The van der Waals surface area contributed by atoms with Crippen molar-refractivity contribution in [2.75, 3.05) is 30.9 Å². The lowest BCUT2D eigenvalue weighted by molar-refractivity contribution is -0.120. The maximum absolute atomic E-state index is 12.8. The van der Waals surface area contributed by atoms with Crippen molar-refractivity contribution < 1.29 is 19.1 Å². The Morgan fingerprint density at radius 2 is 1.90 bits per heavy atom. The van der Waals surface area contributed by atoms with E-state index in [1.54, 1.807) is 19.1 Å². The van der Waals surface area contributed by atoms with Crippen LogP contribution in [0.25, 0.3) is 0 Å². The third-order valence-electron chi connectivity index (χ3n) is 4.48. The van der Waals surface area contributed by atoms with E-state index in [0.717, 1.165) is 11.3 Å². The number of methoxy groups -OCH3 is 1. The van der Waals surface area contributed by atoms with Crippen LogP contribution in [0.3, 0.4) is 0 Å². The molecule has 0 atom stereocenters. The zero-order valence-corrected chi connectivity index (χ0v) is 17.3. The van der Waals surface area contributed by atoms with Gasteiger partial charge in [0.25, 0.3) is 11.5 Å². The first kappa shape index (κ1) is 22.7.